The second-order valence-electron chi connectivity index (χ2n) is 7.80. The van der Waals surface area contributed by atoms with Gasteiger partial charge in [-0.15, -0.1) is 0 Å². The lowest BCUT2D eigenvalue weighted by Gasteiger charge is -2.16. The Morgan fingerprint density at radius 1 is 1.00 bits per heavy atom. The smallest absolute Gasteiger partial charge is 0.247 e. The van der Waals surface area contributed by atoms with Crippen LogP contribution in [0.25, 0.3) is 0 Å². The molecule has 1 atom stereocenters. The Kier molecular flexibility index (Phi) is 7.99. The van der Waals surface area contributed by atoms with Gasteiger partial charge in [0.25, 0.3) is 0 Å². The third-order valence-corrected chi connectivity index (χ3v) is 6.36. The van der Waals surface area contributed by atoms with Crippen LogP contribution in [-0.2, 0) is 9.59 Å². The Hall–Kier alpha value is -3.58. The molecule has 0 aromatic heterocycles. The molecule has 4 rings (SSSR count). The van der Waals surface area contributed by atoms with Gasteiger partial charge in [-0.2, -0.15) is 0 Å². The molecule has 3 aromatic carbocycles. The van der Waals surface area contributed by atoms with Crippen molar-refractivity contribution in [3.63, 3.8) is 0 Å². The number of rotatable bonds is 9. The molecule has 1 N–H and O–H groups in total. The van der Waals surface area contributed by atoms with Crippen molar-refractivity contribution in [2.45, 2.75) is 31.4 Å². The number of para-hydroxylation sites is 4. The summed E-state index contributed by atoms with van der Waals surface area (Å²) < 4.78 is 5.81. The maximum absolute atomic E-state index is 13.4. The Bertz CT molecular complexity index is 1150. The first-order valence-electron chi connectivity index (χ1n) is 11.4. The summed E-state index contributed by atoms with van der Waals surface area (Å²) in [5, 5.41) is 2.90. The zero-order valence-corrected chi connectivity index (χ0v) is 19.8. The third-order valence-electron chi connectivity index (χ3n) is 5.22. The first-order chi connectivity index (χ1) is 16.7. The highest BCUT2D eigenvalue weighted by Gasteiger charge is 2.40. The lowest BCUT2D eigenvalue weighted by molar-refractivity contribution is -0.121. The standard InChI is InChI=1S/C27H27N3O3S/c1-2-3-18-33-23-17-11-10-16-22(23)29-25(31)19-24-26(32)30(21-14-8-5-9-15-21)27(34-24)28-20-12-6-4-7-13-20/h4-17,24H,2-3,18-19H2,1H3,(H,29,31). The van der Waals surface area contributed by atoms with Gasteiger partial charge in [0.05, 0.1) is 23.7 Å². The van der Waals surface area contributed by atoms with Crippen LogP contribution in [0.5, 0.6) is 5.75 Å². The van der Waals surface area contributed by atoms with Crippen molar-refractivity contribution in [2.24, 2.45) is 4.99 Å². The number of unbranched alkanes of at least 4 members (excludes halogenated alkanes) is 1. The molecule has 0 radical (unpaired) electrons. The maximum atomic E-state index is 13.4. The summed E-state index contributed by atoms with van der Waals surface area (Å²) in [6.45, 7) is 2.69. The number of amidine groups is 1. The minimum atomic E-state index is -0.573. The van der Waals surface area contributed by atoms with E-state index in [1.165, 1.54) is 11.8 Å². The van der Waals surface area contributed by atoms with Gasteiger partial charge in [0.2, 0.25) is 11.8 Å². The van der Waals surface area contributed by atoms with E-state index in [2.05, 4.69) is 12.2 Å². The Morgan fingerprint density at radius 2 is 1.68 bits per heavy atom. The van der Waals surface area contributed by atoms with Gasteiger partial charge in [0.1, 0.15) is 11.0 Å². The SMILES string of the molecule is CCCCOc1ccccc1NC(=O)CC1SC(=Nc2ccccc2)N(c2ccccc2)C1=O. The van der Waals surface area contributed by atoms with Gasteiger partial charge in [-0.05, 0) is 42.8 Å². The highest BCUT2D eigenvalue weighted by molar-refractivity contribution is 8.16. The van der Waals surface area contributed by atoms with Gasteiger partial charge in [0.15, 0.2) is 5.17 Å². The molecule has 3 aromatic rings. The number of nitrogens with zero attached hydrogens (tertiary/aromatic N) is 2. The molecule has 0 saturated carbocycles. The first kappa shape index (κ1) is 23.6. The number of ether oxygens (including phenoxy) is 1. The summed E-state index contributed by atoms with van der Waals surface area (Å²) in [7, 11) is 0. The summed E-state index contributed by atoms with van der Waals surface area (Å²) in [6.07, 6.45) is 2.00. The molecule has 1 heterocycles. The number of hydrogen-bond acceptors (Lipinski definition) is 5. The van der Waals surface area contributed by atoms with Crippen LogP contribution in [-0.4, -0.2) is 28.8 Å². The predicted octanol–water partition coefficient (Wildman–Crippen LogP) is 6.03. The molecule has 0 aliphatic carbocycles. The molecular formula is C27H27N3O3S. The van der Waals surface area contributed by atoms with Crippen LogP contribution >= 0.6 is 11.8 Å². The van der Waals surface area contributed by atoms with Gasteiger partial charge < -0.3 is 10.1 Å². The van der Waals surface area contributed by atoms with Crippen LogP contribution in [0.1, 0.15) is 26.2 Å². The van der Waals surface area contributed by atoms with E-state index in [1.54, 1.807) is 11.0 Å². The summed E-state index contributed by atoms with van der Waals surface area (Å²) in [4.78, 5) is 32.6. The van der Waals surface area contributed by atoms with Crippen molar-refractivity contribution < 1.29 is 14.3 Å². The van der Waals surface area contributed by atoms with Gasteiger partial charge in [-0.25, -0.2) is 4.99 Å². The molecule has 0 spiro atoms. The lowest BCUT2D eigenvalue weighted by atomic mass is 10.2. The minimum absolute atomic E-state index is 0.0317. The largest absolute Gasteiger partial charge is 0.491 e. The van der Waals surface area contributed by atoms with Crippen LogP contribution in [0.4, 0.5) is 17.1 Å². The Morgan fingerprint density at radius 3 is 2.41 bits per heavy atom. The normalized spacial score (nSPS) is 16.6. The summed E-state index contributed by atoms with van der Waals surface area (Å²) in [5.41, 5.74) is 2.09. The quantitative estimate of drug-likeness (QED) is 0.385. The molecular weight excluding hydrogens is 446 g/mol. The van der Waals surface area contributed by atoms with E-state index in [4.69, 9.17) is 9.73 Å². The Balaban J connectivity index is 1.51. The fourth-order valence-electron chi connectivity index (χ4n) is 3.49. The number of nitrogens with one attached hydrogen (secondary N) is 1. The molecule has 34 heavy (non-hydrogen) atoms. The van der Waals surface area contributed by atoms with Crippen molar-refractivity contribution in [2.75, 3.05) is 16.8 Å². The van der Waals surface area contributed by atoms with Gasteiger partial charge in [-0.3, -0.25) is 14.5 Å². The summed E-state index contributed by atoms with van der Waals surface area (Å²) in [6, 6.07) is 26.2. The number of hydrogen-bond donors (Lipinski definition) is 1. The van der Waals surface area contributed by atoms with Crippen LogP contribution in [0, 0.1) is 0 Å². The van der Waals surface area contributed by atoms with Gasteiger partial charge >= 0.3 is 0 Å². The van der Waals surface area contributed by atoms with E-state index < -0.39 is 5.25 Å². The summed E-state index contributed by atoms with van der Waals surface area (Å²) in [5.74, 6) is 0.229. The van der Waals surface area contributed by atoms with Crippen LogP contribution in [0.3, 0.4) is 0 Å². The fourth-order valence-corrected chi connectivity index (χ4v) is 4.65. The third kappa shape index (κ3) is 5.85. The van der Waals surface area contributed by atoms with E-state index >= 15 is 0 Å². The van der Waals surface area contributed by atoms with Crippen LogP contribution in [0.2, 0.25) is 0 Å². The highest BCUT2D eigenvalue weighted by Crippen LogP contribution is 2.35. The predicted molar refractivity (Wildman–Crippen MR) is 139 cm³/mol. The van der Waals surface area contributed by atoms with Crippen molar-refractivity contribution in [3.8, 4) is 5.75 Å². The molecule has 7 heteroatoms. The number of carbonyl (C=O) groups is 2. The molecule has 174 valence electrons. The van der Waals surface area contributed by atoms with Gasteiger partial charge in [0, 0.05) is 6.42 Å². The highest BCUT2D eigenvalue weighted by atomic mass is 32.2. The molecule has 1 unspecified atom stereocenters. The zero-order valence-electron chi connectivity index (χ0n) is 19.0. The van der Waals surface area contributed by atoms with E-state index in [9.17, 15) is 9.59 Å². The first-order valence-corrected chi connectivity index (χ1v) is 12.2. The van der Waals surface area contributed by atoms with Crippen molar-refractivity contribution >= 4 is 45.8 Å². The van der Waals surface area contributed by atoms with E-state index in [1.807, 2.05) is 78.9 Å². The van der Waals surface area contributed by atoms with E-state index in [0.29, 0.717) is 23.2 Å². The summed E-state index contributed by atoms with van der Waals surface area (Å²) >= 11 is 1.31. The molecule has 1 fully saturated rings. The zero-order chi connectivity index (χ0) is 23.8. The molecule has 1 saturated heterocycles. The van der Waals surface area contributed by atoms with Gasteiger partial charge in [-0.1, -0.05) is 73.6 Å². The number of amides is 2. The van der Waals surface area contributed by atoms with Crippen molar-refractivity contribution in [1.29, 1.82) is 0 Å². The molecule has 2 amide bonds. The number of benzene rings is 3. The van der Waals surface area contributed by atoms with Crippen LogP contribution in [0.15, 0.2) is 89.9 Å². The fraction of sp³-hybridized carbons (Fsp3) is 0.222. The number of anilines is 2. The lowest BCUT2D eigenvalue weighted by Crippen LogP contribution is -2.33. The minimum Gasteiger partial charge on any atom is -0.491 e. The number of carbonyl (C=O) groups excluding carboxylic acids is 2. The van der Waals surface area contributed by atoms with E-state index in [-0.39, 0.29) is 18.2 Å². The van der Waals surface area contributed by atoms with Crippen molar-refractivity contribution in [3.05, 3.63) is 84.9 Å². The average molecular weight is 474 g/mol. The topological polar surface area (TPSA) is 71.0 Å². The second kappa shape index (κ2) is 11.5. The number of aliphatic imine (C=N–C) groups is 1. The molecule has 0 bridgehead atoms. The monoisotopic (exact) mass is 473 g/mol. The number of thioether (sulfide) groups is 1. The van der Waals surface area contributed by atoms with Crippen LogP contribution < -0.4 is 15.0 Å². The van der Waals surface area contributed by atoms with E-state index in [0.717, 1.165) is 24.2 Å². The molecule has 1 aliphatic rings. The Labute approximate surface area is 204 Å². The molecule has 6 nitrogen and oxygen atoms in total. The molecule has 1 aliphatic heterocycles. The maximum Gasteiger partial charge on any atom is 0.247 e. The average Bonchev–Trinajstić information content (AvgIpc) is 3.15. The second-order valence-corrected chi connectivity index (χ2v) is 8.97. The van der Waals surface area contributed by atoms with Crippen molar-refractivity contribution in [1.82, 2.24) is 0 Å².